The summed E-state index contributed by atoms with van der Waals surface area (Å²) in [5.74, 6) is 0.262. The molecule has 2 aromatic heterocycles. The van der Waals surface area contributed by atoms with Gasteiger partial charge in [-0.15, -0.1) is 11.8 Å². The number of amides is 1. The number of thioether (sulfide) groups is 1. The molecule has 0 bridgehead atoms. The Morgan fingerprint density at radius 1 is 1.07 bits per heavy atom. The molecule has 0 spiro atoms. The van der Waals surface area contributed by atoms with Crippen LogP contribution < -0.4 is 4.90 Å². The molecule has 0 radical (unpaired) electrons. The van der Waals surface area contributed by atoms with Crippen LogP contribution in [0.15, 0.2) is 71.9 Å². The standard InChI is InChI=1S/C21H15Cl2N3OS2/c22-15-3-6-17(7-4-15)28-13-20(27)26(12-14-2-1-9-24-11-14)21-25-18-8-5-16(23)10-19(18)29-21/h1-11H,12-13H2. The average molecular weight is 460 g/mol. The number of aromatic nitrogens is 2. The van der Waals surface area contributed by atoms with E-state index in [1.165, 1.54) is 23.1 Å². The number of hydrogen-bond donors (Lipinski definition) is 0. The summed E-state index contributed by atoms with van der Waals surface area (Å²) in [6.45, 7) is 0.404. The Bertz CT molecular complexity index is 1130. The highest BCUT2D eigenvalue weighted by Crippen LogP contribution is 2.32. The molecule has 4 rings (SSSR count). The smallest absolute Gasteiger partial charge is 0.239 e. The summed E-state index contributed by atoms with van der Waals surface area (Å²) in [5.41, 5.74) is 1.76. The van der Waals surface area contributed by atoms with E-state index < -0.39 is 0 Å². The van der Waals surface area contributed by atoms with E-state index in [-0.39, 0.29) is 5.91 Å². The van der Waals surface area contributed by atoms with Gasteiger partial charge in [0.25, 0.3) is 0 Å². The van der Waals surface area contributed by atoms with Gasteiger partial charge in [0.1, 0.15) is 0 Å². The minimum absolute atomic E-state index is 0.0287. The predicted molar refractivity (Wildman–Crippen MR) is 122 cm³/mol. The zero-order valence-corrected chi connectivity index (χ0v) is 18.2. The summed E-state index contributed by atoms with van der Waals surface area (Å²) in [6, 6.07) is 16.8. The minimum atomic E-state index is -0.0287. The molecule has 0 fully saturated rings. The van der Waals surface area contributed by atoms with Gasteiger partial charge in [-0.2, -0.15) is 0 Å². The monoisotopic (exact) mass is 459 g/mol. The number of pyridine rings is 1. The molecular formula is C21H15Cl2N3OS2. The number of rotatable bonds is 6. The van der Waals surface area contributed by atoms with E-state index in [1.54, 1.807) is 23.4 Å². The van der Waals surface area contributed by atoms with Crippen molar-refractivity contribution in [3.8, 4) is 0 Å². The molecule has 4 nitrogen and oxygen atoms in total. The van der Waals surface area contributed by atoms with Crippen LogP contribution in [-0.2, 0) is 11.3 Å². The fraction of sp³-hybridized carbons (Fsp3) is 0.0952. The molecule has 0 saturated carbocycles. The maximum absolute atomic E-state index is 13.1. The quantitative estimate of drug-likeness (QED) is 0.316. The van der Waals surface area contributed by atoms with Gasteiger partial charge < -0.3 is 0 Å². The second-order valence-electron chi connectivity index (χ2n) is 6.19. The van der Waals surface area contributed by atoms with Crippen LogP contribution in [0.3, 0.4) is 0 Å². The van der Waals surface area contributed by atoms with Gasteiger partial charge in [-0.05, 0) is 54.1 Å². The lowest BCUT2D eigenvalue weighted by atomic mass is 10.2. The molecule has 8 heteroatoms. The van der Waals surface area contributed by atoms with Gasteiger partial charge in [0.15, 0.2) is 5.13 Å². The highest BCUT2D eigenvalue weighted by atomic mass is 35.5. The van der Waals surface area contributed by atoms with Gasteiger partial charge in [-0.3, -0.25) is 14.7 Å². The molecule has 0 unspecified atom stereocenters. The SMILES string of the molecule is O=C(CSc1ccc(Cl)cc1)N(Cc1cccnc1)c1nc2ccc(Cl)cc2s1. The van der Waals surface area contributed by atoms with Crippen LogP contribution in [0.5, 0.6) is 0 Å². The largest absolute Gasteiger partial charge is 0.283 e. The summed E-state index contributed by atoms with van der Waals surface area (Å²) in [5, 5.41) is 1.97. The van der Waals surface area contributed by atoms with E-state index >= 15 is 0 Å². The van der Waals surface area contributed by atoms with Crippen molar-refractivity contribution in [2.45, 2.75) is 11.4 Å². The van der Waals surface area contributed by atoms with Gasteiger partial charge in [0.05, 0.1) is 22.5 Å². The van der Waals surface area contributed by atoms with Crippen LogP contribution in [0.2, 0.25) is 10.0 Å². The number of nitrogens with zero attached hydrogens (tertiary/aromatic N) is 3. The second kappa shape index (κ2) is 9.13. The van der Waals surface area contributed by atoms with Gasteiger partial charge >= 0.3 is 0 Å². The maximum atomic E-state index is 13.1. The maximum Gasteiger partial charge on any atom is 0.239 e. The Balaban J connectivity index is 1.59. The molecular weight excluding hydrogens is 445 g/mol. The Hall–Kier alpha value is -2.12. The Morgan fingerprint density at radius 2 is 1.86 bits per heavy atom. The van der Waals surface area contributed by atoms with E-state index in [1.807, 2.05) is 48.5 Å². The van der Waals surface area contributed by atoms with Crippen molar-refractivity contribution in [1.29, 1.82) is 0 Å². The zero-order chi connectivity index (χ0) is 20.2. The van der Waals surface area contributed by atoms with Crippen molar-refractivity contribution in [3.05, 3.63) is 82.6 Å². The number of halogens is 2. The summed E-state index contributed by atoms with van der Waals surface area (Å²) in [7, 11) is 0. The third kappa shape index (κ3) is 5.08. The van der Waals surface area contributed by atoms with E-state index in [0.717, 1.165) is 20.7 Å². The number of anilines is 1. The van der Waals surface area contributed by atoms with Crippen LogP contribution in [0.4, 0.5) is 5.13 Å². The molecule has 0 aliphatic carbocycles. The molecule has 29 heavy (non-hydrogen) atoms. The second-order valence-corrected chi connectivity index (χ2v) is 9.12. The lowest BCUT2D eigenvalue weighted by molar-refractivity contribution is -0.116. The molecule has 0 aliphatic rings. The molecule has 0 atom stereocenters. The minimum Gasteiger partial charge on any atom is -0.283 e. The number of fused-ring (bicyclic) bond motifs is 1. The van der Waals surface area contributed by atoms with Crippen LogP contribution in [0.25, 0.3) is 10.2 Å². The van der Waals surface area contributed by atoms with Crippen LogP contribution >= 0.6 is 46.3 Å². The molecule has 2 aromatic carbocycles. The van der Waals surface area contributed by atoms with Crippen molar-refractivity contribution in [3.63, 3.8) is 0 Å². The van der Waals surface area contributed by atoms with Crippen molar-refractivity contribution in [2.24, 2.45) is 0 Å². The number of thiazole rings is 1. The predicted octanol–water partition coefficient (Wildman–Crippen LogP) is 6.32. The molecule has 146 valence electrons. The first-order valence-corrected chi connectivity index (χ1v) is 11.3. The van der Waals surface area contributed by atoms with E-state index in [4.69, 9.17) is 23.2 Å². The molecule has 0 N–H and O–H groups in total. The van der Waals surface area contributed by atoms with Crippen molar-refractivity contribution in [1.82, 2.24) is 9.97 Å². The van der Waals surface area contributed by atoms with Gasteiger partial charge in [0, 0.05) is 27.3 Å². The van der Waals surface area contributed by atoms with Crippen LogP contribution in [0, 0.1) is 0 Å². The highest BCUT2D eigenvalue weighted by Gasteiger charge is 2.20. The van der Waals surface area contributed by atoms with E-state index in [0.29, 0.717) is 27.5 Å². The lowest BCUT2D eigenvalue weighted by Gasteiger charge is -2.19. The Labute approximate surface area is 186 Å². The summed E-state index contributed by atoms with van der Waals surface area (Å²) >= 11 is 15.0. The van der Waals surface area contributed by atoms with Crippen molar-refractivity contribution < 1.29 is 4.79 Å². The zero-order valence-electron chi connectivity index (χ0n) is 15.1. The first-order chi connectivity index (χ1) is 14.1. The van der Waals surface area contributed by atoms with Gasteiger partial charge in [-0.1, -0.05) is 40.6 Å². The van der Waals surface area contributed by atoms with Crippen LogP contribution in [-0.4, -0.2) is 21.6 Å². The summed E-state index contributed by atoms with van der Waals surface area (Å²) in [6.07, 6.45) is 3.47. The highest BCUT2D eigenvalue weighted by molar-refractivity contribution is 8.00. The van der Waals surface area contributed by atoms with Crippen molar-refractivity contribution >= 4 is 67.6 Å². The first-order valence-electron chi connectivity index (χ1n) is 8.72. The topological polar surface area (TPSA) is 46.1 Å². The summed E-state index contributed by atoms with van der Waals surface area (Å²) < 4.78 is 0.946. The summed E-state index contributed by atoms with van der Waals surface area (Å²) in [4.78, 5) is 24.6. The third-order valence-corrected chi connectivity index (χ3v) is 6.64. The normalized spacial score (nSPS) is 11.0. The number of carbonyl (C=O) groups is 1. The Morgan fingerprint density at radius 3 is 2.62 bits per heavy atom. The average Bonchev–Trinajstić information content (AvgIpc) is 3.15. The fourth-order valence-electron chi connectivity index (χ4n) is 2.69. The number of benzene rings is 2. The lowest BCUT2D eigenvalue weighted by Crippen LogP contribution is -2.31. The molecule has 4 aromatic rings. The third-order valence-electron chi connectivity index (χ3n) is 4.11. The van der Waals surface area contributed by atoms with Gasteiger partial charge in [0.2, 0.25) is 5.91 Å². The van der Waals surface area contributed by atoms with E-state index in [2.05, 4.69) is 9.97 Å². The number of hydrogen-bond acceptors (Lipinski definition) is 5. The fourth-order valence-corrected chi connectivity index (χ4v) is 4.85. The molecule has 2 heterocycles. The molecule has 0 saturated heterocycles. The molecule has 0 aliphatic heterocycles. The molecule has 1 amide bonds. The van der Waals surface area contributed by atoms with E-state index in [9.17, 15) is 4.79 Å². The first kappa shape index (κ1) is 20.2. The van der Waals surface area contributed by atoms with Crippen molar-refractivity contribution in [2.75, 3.05) is 10.7 Å². The Kier molecular flexibility index (Phi) is 6.35. The number of carbonyl (C=O) groups excluding carboxylic acids is 1. The van der Waals surface area contributed by atoms with Crippen LogP contribution in [0.1, 0.15) is 5.56 Å². The van der Waals surface area contributed by atoms with Gasteiger partial charge in [-0.25, -0.2) is 4.98 Å².